The van der Waals surface area contributed by atoms with E-state index in [0.29, 0.717) is 5.41 Å². The van der Waals surface area contributed by atoms with E-state index in [9.17, 15) is 0 Å². The topological polar surface area (TPSA) is 12.0 Å². The van der Waals surface area contributed by atoms with Crippen molar-refractivity contribution in [2.24, 2.45) is 17.3 Å². The Labute approximate surface area is 136 Å². The maximum absolute atomic E-state index is 3.85. The van der Waals surface area contributed by atoms with E-state index in [-0.39, 0.29) is 0 Å². The van der Waals surface area contributed by atoms with Gasteiger partial charge in [0, 0.05) is 16.2 Å². The zero-order valence-electron chi connectivity index (χ0n) is 12.1. The highest BCUT2D eigenvalue weighted by Gasteiger charge is 2.50. The molecule has 3 atom stereocenters. The first-order valence-electron chi connectivity index (χ1n) is 8.21. The molecule has 0 aliphatic heterocycles. The Morgan fingerprint density at radius 1 is 1.10 bits per heavy atom. The molecule has 1 N–H and O–H groups in total. The minimum atomic E-state index is 0.568. The van der Waals surface area contributed by atoms with Crippen LogP contribution in [-0.2, 0) is 6.42 Å². The maximum Gasteiger partial charge on any atom is 0.0130 e. The Morgan fingerprint density at radius 3 is 2.50 bits per heavy atom. The number of hydrogen-bond acceptors (Lipinski definition) is 1. The average molecular weight is 381 g/mol. The van der Waals surface area contributed by atoms with E-state index < -0.39 is 0 Å². The van der Waals surface area contributed by atoms with Gasteiger partial charge in [0.15, 0.2) is 0 Å². The summed E-state index contributed by atoms with van der Waals surface area (Å²) in [6, 6.07) is 10.1. The summed E-state index contributed by atoms with van der Waals surface area (Å²) in [6.45, 7) is 1.27. The van der Waals surface area contributed by atoms with Gasteiger partial charge < -0.3 is 5.32 Å². The van der Waals surface area contributed by atoms with Gasteiger partial charge in [0.05, 0.1) is 0 Å². The first-order valence-corrected chi connectivity index (χ1v) is 9.29. The van der Waals surface area contributed by atoms with Crippen LogP contribution in [0.1, 0.15) is 44.1 Å². The monoisotopic (exact) mass is 381 g/mol. The fourth-order valence-corrected chi connectivity index (χ4v) is 5.06. The summed E-state index contributed by atoms with van der Waals surface area (Å²) in [7, 11) is 0. The van der Waals surface area contributed by atoms with Crippen LogP contribution in [0.15, 0.2) is 24.3 Å². The maximum atomic E-state index is 3.85. The van der Waals surface area contributed by atoms with Crippen LogP contribution in [0.3, 0.4) is 0 Å². The molecule has 4 rings (SSSR count). The Bertz CT molecular complexity index is 479. The highest BCUT2D eigenvalue weighted by atomic mass is 127. The van der Waals surface area contributed by atoms with E-state index in [0.717, 1.165) is 17.9 Å². The molecule has 3 aliphatic carbocycles. The van der Waals surface area contributed by atoms with Crippen molar-refractivity contribution >= 4 is 22.6 Å². The summed E-state index contributed by atoms with van der Waals surface area (Å²) >= 11 is 2.40. The van der Waals surface area contributed by atoms with Crippen LogP contribution in [0, 0.1) is 20.8 Å². The number of benzene rings is 1. The van der Waals surface area contributed by atoms with Gasteiger partial charge in [-0.2, -0.15) is 0 Å². The summed E-state index contributed by atoms with van der Waals surface area (Å²) in [5.41, 5.74) is 2.12. The molecule has 0 radical (unpaired) electrons. The van der Waals surface area contributed by atoms with Crippen molar-refractivity contribution in [3.05, 3.63) is 33.4 Å². The lowest BCUT2D eigenvalue weighted by atomic mass is 9.69. The molecular formula is C18H24IN. The van der Waals surface area contributed by atoms with Gasteiger partial charge in [0.2, 0.25) is 0 Å². The second-order valence-electron chi connectivity index (χ2n) is 7.40. The Kier molecular flexibility index (Phi) is 3.58. The van der Waals surface area contributed by atoms with Gasteiger partial charge in [0.1, 0.15) is 0 Å². The van der Waals surface area contributed by atoms with Gasteiger partial charge in [-0.25, -0.2) is 0 Å². The van der Waals surface area contributed by atoms with E-state index in [1.165, 1.54) is 55.1 Å². The second kappa shape index (κ2) is 5.28. The molecule has 2 heteroatoms. The Balaban J connectivity index is 1.53. The highest BCUT2D eigenvalue weighted by Crippen LogP contribution is 2.57. The number of halogens is 1. The van der Waals surface area contributed by atoms with E-state index in [1.54, 1.807) is 5.56 Å². The first kappa shape index (κ1) is 13.6. The Morgan fingerprint density at radius 2 is 1.90 bits per heavy atom. The van der Waals surface area contributed by atoms with Crippen LogP contribution in [0.25, 0.3) is 0 Å². The van der Waals surface area contributed by atoms with Crippen LogP contribution >= 0.6 is 22.6 Å². The molecule has 0 saturated heterocycles. The van der Waals surface area contributed by atoms with Gasteiger partial charge >= 0.3 is 0 Å². The van der Waals surface area contributed by atoms with Crippen LogP contribution in [0.5, 0.6) is 0 Å². The fourth-order valence-electron chi connectivity index (χ4n) is 4.70. The van der Waals surface area contributed by atoms with Crippen LogP contribution in [0.4, 0.5) is 0 Å². The van der Waals surface area contributed by atoms with Crippen molar-refractivity contribution in [1.82, 2.24) is 5.32 Å². The molecule has 20 heavy (non-hydrogen) atoms. The van der Waals surface area contributed by atoms with E-state index in [2.05, 4.69) is 52.2 Å². The third kappa shape index (κ3) is 2.66. The predicted molar refractivity (Wildman–Crippen MR) is 91.8 cm³/mol. The van der Waals surface area contributed by atoms with Crippen molar-refractivity contribution in [2.75, 3.05) is 6.54 Å². The van der Waals surface area contributed by atoms with Crippen molar-refractivity contribution in [3.63, 3.8) is 0 Å². The lowest BCUT2D eigenvalue weighted by Gasteiger charge is -2.38. The molecule has 2 bridgehead atoms. The smallest absolute Gasteiger partial charge is 0.0130 e. The van der Waals surface area contributed by atoms with Gasteiger partial charge in [-0.15, -0.1) is 0 Å². The highest BCUT2D eigenvalue weighted by molar-refractivity contribution is 14.1. The number of rotatable bonds is 5. The lowest BCUT2D eigenvalue weighted by molar-refractivity contribution is 0.155. The zero-order valence-corrected chi connectivity index (χ0v) is 14.2. The number of nitrogens with one attached hydrogen (secondary N) is 1. The predicted octanol–water partition coefficient (Wildman–Crippen LogP) is 4.39. The molecule has 3 aliphatic rings. The Hall–Kier alpha value is -0.0900. The molecule has 0 spiro atoms. The summed E-state index contributed by atoms with van der Waals surface area (Å²) in [6.07, 6.45) is 10.1. The number of fused-ring (bicyclic) bond motifs is 2. The van der Waals surface area contributed by atoms with Crippen LogP contribution in [0.2, 0.25) is 0 Å². The molecular weight excluding hydrogens is 357 g/mol. The van der Waals surface area contributed by atoms with Crippen molar-refractivity contribution in [1.29, 1.82) is 0 Å². The molecule has 1 aromatic carbocycles. The fraction of sp³-hybridized carbons (Fsp3) is 0.667. The third-order valence-corrected chi connectivity index (χ3v) is 6.61. The quantitative estimate of drug-likeness (QED) is 0.746. The normalized spacial score (nSPS) is 35.6. The van der Waals surface area contributed by atoms with Gasteiger partial charge in [-0.1, -0.05) is 18.6 Å². The largest absolute Gasteiger partial charge is 0.313 e. The average Bonchev–Trinajstić information content (AvgIpc) is 3.08. The molecule has 0 heterocycles. The molecule has 1 nitrogen and oxygen atoms in total. The minimum absolute atomic E-state index is 0.568. The van der Waals surface area contributed by atoms with Crippen molar-refractivity contribution < 1.29 is 0 Å². The van der Waals surface area contributed by atoms with Gasteiger partial charge in [0.25, 0.3) is 0 Å². The lowest BCUT2D eigenvalue weighted by Crippen LogP contribution is -2.41. The van der Waals surface area contributed by atoms with E-state index in [1.807, 2.05) is 0 Å². The molecule has 0 aromatic heterocycles. The SMILES string of the molecule is Ic1ccc(CC2(CNC3CC3)CC3CCC2C3)cc1. The first-order chi connectivity index (χ1) is 9.73. The van der Waals surface area contributed by atoms with Crippen LogP contribution < -0.4 is 5.32 Å². The van der Waals surface area contributed by atoms with Gasteiger partial charge in [-0.05, 0) is 96.1 Å². The third-order valence-electron chi connectivity index (χ3n) is 5.89. The van der Waals surface area contributed by atoms with Crippen LogP contribution in [-0.4, -0.2) is 12.6 Å². The minimum Gasteiger partial charge on any atom is -0.313 e. The van der Waals surface area contributed by atoms with Crippen molar-refractivity contribution in [3.8, 4) is 0 Å². The standard InChI is InChI=1S/C18H24IN/c19-16-5-2-13(3-6-16)10-18(12-20-17-7-8-17)11-14-1-4-15(18)9-14/h2-3,5-6,14-15,17,20H,1,4,7-12H2. The number of hydrogen-bond donors (Lipinski definition) is 1. The molecule has 3 fully saturated rings. The zero-order chi connectivity index (χ0) is 13.6. The van der Waals surface area contributed by atoms with Crippen molar-refractivity contribution in [2.45, 2.75) is 51.0 Å². The molecule has 3 saturated carbocycles. The summed E-state index contributed by atoms with van der Waals surface area (Å²) in [5.74, 6) is 2.02. The molecule has 108 valence electrons. The van der Waals surface area contributed by atoms with Gasteiger partial charge in [-0.3, -0.25) is 0 Å². The van der Waals surface area contributed by atoms with E-state index >= 15 is 0 Å². The summed E-state index contributed by atoms with van der Waals surface area (Å²) < 4.78 is 1.35. The molecule has 1 aromatic rings. The summed E-state index contributed by atoms with van der Waals surface area (Å²) in [5, 5.41) is 3.85. The molecule has 3 unspecified atom stereocenters. The van der Waals surface area contributed by atoms with E-state index in [4.69, 9.17) is 0 Å². The summed E-state index contributed by atoms with van der Waals surface area (Å²) in [4.78, 5) is 0. The second-order valence-corrected chi connectivity index (χ2v) is 8.65. The molecule has 0 amide bonds.